The number of rotatable bonds is 9. The third-order valence-corrected chi connectivity index (χ3v) is 5.94. The summed E-state index contributed by atoms with van der Waals surface area (Å²) < 4.78 is 0. The van der Waals surface area contributed by atoms with E-state index in [1.54, 1.807) is 0 Å². The lowest BCUT2D eigenvalue weighted by Gasteiger charge is -2.15. The molecule has 2 N–H and O–H groups in total. The van der Waals surface area contributed by atoms with Crippen molar-refractivity contribution in [2.75, 3.05) is 0 Å². The Bertz CT molecular complexity index is 1290. The first-order chi connectivity index (χ1) is 16.5. The van der Waals surface area contributed by atoms with Crippen LogP contribution < -0.4 is 5.32 Å². The normalized spacial score (nSPS) is 11.8. The summed E-state index contributed by atoms with van der Waals surface area (Å²) >= 11 is 0. The van der Waals surface area contributed by atoms with Crippen LogP contribution in [0.25, 0.3) is 22.2 Å². The average molecular weight is 453 g/mol. The molecule has 0 unspecified atom stereocenters. The first-order valence-corrected chi connectivity index (χ1v) is 11.6. The molecule has 5 nitrogen and oxygen atoms in total. The lowest BCUT2D eigenvalue weighted by molar-refractivity contribution is -0.137. The largest absolute Gasteiger partial charge is 0.481 e. The van der Waals surface area contributed by atoms with Gasteiger partial charge < -0.3 is 10.4 Å². The molecular formula is C29H28N2O3. The predicted octanol–water partition coefficient (Wildman–Crippen LogP) is 6.19. The van der Waals surface area contributed by atoms with Crippen LogP contribution in [-0.2, 0) is 11.2 Å². The van der Waals surface area contributed by atoms with Crippen molar-refractivity contribution in [1.82, 2.24) is 10.3 Å². The highest BCUT2D eigenvalue weighted by Crippen LogP contribution is 2.28. The number of hydrogen-bond donors (Lipinski definition) is 2. The van der Waals surface area contributed by atoms with Gasteiger partial charge in [0, 0.05) is 22.9 Å². The number of unbranched alkanes of at least 4 members (excludes halogenated alkanes) is 1. The first-order valence-electron chi connectivity index (χ1n) is 11.6. The molecule has 0 spiro atoms. The summed E-state index contributed by atoms with van der Waals surface area (Å²) in [4.78, 5) is 28.7. The number of carboxylic acids is 1. The maximum Gasteiger partial charge on any atom is 0.303 e. The molecule has 34 heavy (non-hydrogen) atoms. The van der Waals surface area contributed by atoms with E-state index in [0.717, 1.165) is 46.1 Å². The fourth-order valence-electron chi connectivity index (χ4n) is 4.09. The van der Waals surface area contributed by atoms with Crippen LogP contribution in [0.5, 0.6) is 0 Å². The molecule has 4 aromatic rings. The Labute approximate surface area is 199 Å². The van der Waals surface area contributed by atoms with E-state index in [9.17, 15) is 9.59 Å². The molecule has 1 aromatic heterocycles. The zero-order valence-electron chi connectivity index (χ0n) is 19.2. The molecule has 0 bridgehead atoms. The summed E-state index contributed by atoms with van der Waals surface area (Å²) in [5.41, 5.74) is 5.44. The van der Waals surface area contributed by atoms with Crippen LogP contribution >= 0.6 is 0 Å². The number of carbonyl (C=O) groups excluding carboxylic acids is 1. The van der Waals surface area contributed by atoms with Gasteiger partial charge in [0.05, 0.1) is 17.3 Å². The molecule has 0 radical (unpaired) electrons. The summed E-state index contributed by atoms with van der Waals surface area (Å²) in [6.07, 6.45) is 2.25. The number of carboxylic acid groups (broad SMARTS) is 1. The van der Waals surface area contributed by atoms with E-state index in [-0.39, 0.29) is 18.4 Å². The summed E-state index contributed by atoms with van der Waals surface area (Å²) in [6.45, 7) is 1.97. The number of benzene rings is 3. The van der Waals surface area contributed by atoms with Gasteiger partial charge in [0.1, 0.15) is 0 Å². The second-order valence-electron chi connectivity index (χ2n) is 8.48. The minimum atomic E-state index is -0.777. The van der Waals surface area contributed by atoms with Gasteiger partial charge in [-0.1, -0.05) is 60.7 Å². The summed E-state index contributed by atoms with van der Waals surface area (Å²) in [5.74, 6) is -0.909. The van der Waals surface area contributed by atoms with Crippen molar-refractivity contribution in [1.29, 1.82) is 0 Å². The lowest BCUT2D eigenvalue weighted by atomic mass is 9.98. The summed E-state index contributed by atoms with van der Waals surface area (Å²) in [7, 11) is 0. The molecule has 1 atom stereocenters. The monoisotopic (exact) mass is 452 g/mol. The third kappa shape index (κ3) is 5.67. The molecule has 0 aliphatic heterocycles. The minimum absolute atomic E-state index is 0.104. The number of amides is 1. The van der Waals surface area contributed by atoms with Crippen LogP contribution in [-0.4, -0.2) is 22.0 Å². The highest BCUT2D eigenvalue weighted by Gasteiger charge is 2.14. The number of pyridine rings is 1. The number of carbonyl (C=O) groups is 2. The van der Waals surface area contributed by atoms with Crippen molar-refractivity contribution in [3.8, 4) is 11.3 Å². The third-order valence-electron chi connectivity index (χ3n) is 5.94. The van der Waals surface area contributed by atoms with E-state index < -0.39 is 5.97 Å². The van der Waals surface area contributed by atoms with Gasteiger partial charge in [0.2, 0.25) is 0 Å². The molecule has 172 valence electrons. The first kappa shape index (κ1) is 23.2. The van der Waals surface area contributed by atoms with Gasteiger partial charge in [-0.15, -0.1) is 0 Å². The van der Waals surface area contributed by atoms with Crippen molar-refractivity contribution in [3.05, 3.63) is 102 Å². The molecule has 0 aliphatic carbocycles. The van der Waals surface area contributed by atoms with Gasteiger partial charge in [-0.2, -0.15) is 0 Å². The molecular weight excluding hydrogens is 424 g/mol. The Morgan fingerprint density at radius 2 is 1.62 bits per heavy atom. The number of aryl methyl sites for hydroxylation is 1. The second-order valence-corrected chi connectivity index (χ2v) is 8.48. The molecule has 1 heterocycles. The van der Waals surface area contributed by atoms with E-state index >= 15 is 0 Å². The highest BCUT2D eigenvalue weighted by molar-refractivity contribution is 5.98. The smallest absolute Gasteiger partial charge is 0.303 e. The number of aliphatic carboxylic acids is 1. The van der Waals surface area contributed by atoms with Gasteiger partial charge in [0.25, 0.3) is 5.91 Å². The van der Waals surface area contributed by atoms with Crippen LogP contribution in [0.4, 0.5) is 0 Å². The molecule has 0 fully saturated rings. The predicted molar refractivity (Wildman–Crippen MR) is 135 cm³/mol. The fourth-order valence-corrected chi connectivity index (χ4v) is 4.09. The number of fused-ring (bicyclic) bond motifs is 1. The Morgan fingerprint density at radius 1 is 0.912 bits per heavy atom. The van der Waals surface area contributed by atoms with E-state index in [0.29, 0.717) is 12.0 Å². The topological polar surface area (TPSA) is 79.3 Å². The average Bonchev–Trinajstić information content (AvgIpc) is 2.86. The Kier molecular flexibility index (Phi) is 7.33. The van der Waals surface area contributed by atoms with Crippen LogP contribution in [0.2, 0.25) is 0 Å². The van der Waals surface area contributed by atoms with E-state index in [1.807, 2.05) is 85.8 Å². The van der Waals surface area contributed by atoms with Crippen molar-refractivity contribution >= 4 is 22.8 Å². The maximum absolute atomic E-state index is 12.9. The molecule has 0 aliphatic rings. The van der Waals surface area contributed by atoms with Crippen molar-refractivity contribution in [2.24, 2.45) is 0 Å². The lowest BCUT2D eigenvalue weighted by Crippen LogP contribution is -2.26. The Hall–Kier alpha value is -3.99. The Balaban J connectivity index is 1.62. The van der Waals surface area contributed by atoms with E-state index in [2.05, 4.69) is 11.4 Å². The maximum atomic E-state index is 12.9. The molecule has 4 rings (SSSR count). The Morgan fingerprint density at radius 3 is 2.32 bits per heavy atom. The zero-order valence-corrected chi connectivity index (χ0v) is 19.2. The molecule has 1 amide bonds. The van der Waals surface area contributed by atoms with Gasteiger partial charge in [-0.25, -0.2) is 4.98 Å². The SMILES string of the molecule is C[C@H](NC(=O)c1ccc2nc(-c3ccccc3)c(CCCCC(=O)O)cc2c1)c1ccccc1. The number of hydrogen-bond acceptors (Lipinski definition) is 3. The second kappa shape index (κ2) is 10.8. The molecule has 0 saturated carbocycles. The van der Waals surface area contributed by atoms with Gasteiger partial charge in [-0.05, 0) is 61.6 Å². The molecule has 3 aromatic carbocycles. The minimum Gasteiger partial charge on any atom is -0.481 e. The van der Waals surface area contributed by atoms with Crippen molar-refractivity contribution in [2.45, 2.75) is 38.6 Å². The fraction of sp³-hybridized carbons (Fsp3) is 0.207. The molecule has 5 heteroatoms. The van der Waals surface area contributed by atoms with Crippen LogP contribution in [0.3, 0.4) is 0 Å². The number of nitrogens with one attached hydrogen (secondary N) is 1. The van der Waals surface area contributed by atoms with E-state index in [4.69, 9.17) is 10.1 Å². The number of aromatic nitrogens is 1. The molecule has 0 saturated heterocycles. The standard InChI is InChI=1S/C29H28N2O3/c1-20(21-10-4-2-5-11-21)30-29(34)24-16-17-26-25(19-24)18-23(14-8-9-15-27(32)33)28(31-26)22-12-6-3-7-13-22/h2-7,10-13,16-20H,8-9,14-15H2,1H3,(H,30,34)(H,32,33)/t20-/m0/s1. The quantitative estimate of drug-likeness (QED) is 0.297. The number of nitrogens with zero attached hydrogens (tertiary/aromatic N) is 1. The summed E-state index contributed by atoms with van der Waals surface area (Å²) in [6, 6.07) is 27.4. The zero-order chi connectivity index (χ0) is 23.9. The van der Waals surface area contributed by atoms with Crippen LogP contribution in [0.1, 0.15) is 53.7 Å². The van der Waals surface area contributed by atoms with Gasteiger partial charge in [-0.3, -0.25) is 9.59 Å². The van der Waals surface area contributed by atoms with Gasteiger partial charge >= 0.3 is 5.97 Å². The highest BCUT2D eigenvalue weighted by atomic mass is 16.4. The van der Waals surface area contributed by atoms with Crippen LogP contribution in [0, 0.1) is 0 Å². The summed E-state index contributed by atoms with van der Waals surface area (Å²) in [5, 5.41) is 12.9. The van der Waals surface area contributed by atoms with Crippen molar-refractivity contribution in [3.63, 3.8) is 0 Å². The van der Waals surface area contributed by atoms with Crippen LogP contribution in [0.15, 0.2) is 84.9 Å². The van der Waals surface area contributed by atoms with Crippen molar-refractivity contribution < 1.29 is 14.7 Å². The van der Waals surface area contributed by atoms with E-state index in [1.165, 1.54) is 0 Å². The van der Waals surface area contributed by atoms with Gasteiger partial charge in [0.15, 0.2) is 0 Å².